The maximum absolute atomic E-state index is 6.25. The summed E-state index contributed by atoms with van der Waals surface area (Å²) < 4.78 is 0. The first kappa shape index (κ1) is 14.7. The van der Waals surface area contributed by atoms with Crippen LogP contribution < -0.4 is 16.4 Å². The second kappa shape index (κ2) is 5.88. The highest BCUT2D eigenvalue weighted by atomic mass is 15.0. The standard InChI is InChI=1S/C18H29N3/c1-18(2)9-5-14(6-10-18)17-15(19)3-4-16(21-17)13-7-11-20-12-8-13/h3-5,13,16,20-21H,6-12,19H2,1-2H3. The van der Waals surface area contributed by atoms with Gasteiger partial charge < -0.3 is 16.4 Å². The fourth-order valence-corrected chi connectivity index (χ4v) is 3.65. The summed E-state index contributed by atoms with van der Waals surface area (Å²) in [7, 11) is 0. The van der Waals surface area contributed by atoms with Gasteiger partial charge in [0.25, 0.3) is 0 Å². The van der Waals surface area contributed by atoms with Crippen LogP contribution in [0.1, 0.15) is 46.0 Å². The Morgan fingerprint density at radius 3 is 2.67 bits per heavy atom. The molecule has 21 heavy (non-hydrogen) atoms. The smallest absolute Gasteiger partial charge is 0.0607 e. The first-order valence-electron chi connectivity index (χ1n) is 8.40. The van der Waals surface area contributed by atoms with Crippen molar-refractivity contribution in [2.45, 2.75) is 52.0 Å². The van der Waals surface area contributed by atoms with Gasteiger partial charge in [0.2, 0.25) is 0 Å². The van der Waals surface area contributed by atoms with E-state index in [1.165, 1.54) is 30.5 Å². The average molecular weight is 287 g/mol. The third-order valence-electron chi connectivity index (χ3n) is 5.27. The highest BCUT2D eigenvalue weighted by molar-refractivity contribution is 5.42. The Morgan fingerprint density at radius 1 is 1.24 bits per heavy atom. The summed E-state index contributed by atoms with van der Waals surface area (Å²) in [5, 5.41) is 7.19. The first-order valence-corrected chi connectivity index (χ1v) is 8.40. The van der Waals surface area contributed by atoms with Crippen LogP contribution >= 0.6 is 0 Å². The van der Waals surface area contributed by atoms with E-state index in [0.717, 1.165) is 37.5 Å². The molecule has 3 nitrogen and oxygen atoms in total. The lowest BCUT2D eigenvalue weighted by Gasteiger charge is -2.36. The maximum Gasteiger partial charge on any atom is 0.0607 e. The topological polar surface area (TPSA) is 50.1 Å². The summed E-state index contributed by atoms with van der Waals surface area (Å²) in [5.74, 6) is 0.728. The molecule has 0 saturated carbocycles. The molecule has 1 saturated heterocycles. The van der Waals surface area contributed by atoms with Crippen molar-refractivity contribution in [2.24, 2.45) is 17.1 Å². The molecule has 2 heterocycles. The molecule has 1 aliphatic carbocycles. The molecule has 3 rings (SSSR count). The Balaban J connectivity index is 1.72. The Morgan fingerprint density at radius 2 is 2.00 bits per heavy atom. The molecule has 0 aromatic heterocycles. The minimum Gasteiger partial charge on any atom is -0.397 e. The van der Waals surface area contributed by atoms with E-state index in [1.54, 1.807) is 0 Å². The zero-order chi connectivity index (χ0) is 14.9. The van der Waals surface area contributed by atoms with Crippen molar-refractivity contribution in [1.29, 1.82) is 0 Å². The van der Waals surface area contributed by atoms with E-state index in [4.69, 9.17) is 5.73 Å². The largest absolute Gasteiger partial charge is 0.397 e. The van der Waals surface area contributed by atoms with Crippen molar-refractivity contribution >= 4 is 0 Å². The van der Waals surface area contributed by atoms with Crippen LogP contribution in [0, 0.1) is 11.3 Å². The zero-order valence-electron chi connectivity index (χ0n) is 13.4. The minimum atomic E-state index is 0.442. The number of nitrogens with two attached hydrogens (primary N) is 1. The van der Waals surface area contributed by atoms with Crippen molar-refractivity contribution in [3.8, 4) is 0 Å². The van der Waals surface area contributed by atoms with E-state index >= 15 is 0 Å². The van der Waals surface area contributed by atoms with E-state index in [1.807, 2.05) is 0 Å². The second-order valence-electron chi connectivity index (χ2n) is 7.54. The molecule has 0 aromatic rings. The van der Waals surface area contributed by atoms with Crippen LogP contribution in [0.25, 0.3) is 0 Å². The molecule has 0 radical (unpaired) electrons. The molecule has 0 amide bonds. The molecule has 0 aromatic carbocycles. The van der Waals surface area contributed by atoms with E-state index < -0.39 is 0 Å². The van der Waals surface area contributed by atoms with Gasteiger partial charge >= 0.3 is 0 Å². The van der Waals surface area contributed by atoms with Gasteiger partial charge in [-0.1, -0.05) is 26.0 Å². The molecule has 2 aliphatic heterocycles. The van der Waals surface area contributed by atoms with Gasteiger partial charge in [0, 0.05) is 6.04 Å². The van der Waals surface area contributed by atoms with Crippen LogP contribution in [0.2, 0.25) is 0 Å². The highest BCUT2D eigenvalue weighted by Gasteiger charge is 2.28. The predicted octanol–water partition coefficient (Wildman–Crippen LogP) is 2.82. The molecule has 4 N–H and O–H groups in total. The van der Waals surface area contributed by atoms with E-state index in [9.17, 15) is 0 Å². The predicted molar refractivity (Wildman–Crippen MR) is 88.6 cm³/mol. The van der Waals surface area contributed by atoms with Gasteiger partial charge in [0.15, 0.2) is 0 Å². The lowest BCUT2D eigenvalue weighted by Crippen LogP contribution is -2.42. The van der Waals surface area contributed by atoms with Crippen molar-refractivity contribution in [3.63, 3.8) is 0 Å². The number of dihydropyridines is 1. The van der Waals surface area contributed by atoms with Crippen molar-refractivity contribution in [2.75, 3.05) is 13.1 Å². The van der Waals surface area contributed by atoms with E-state index in [-0.39, 0.29) is 0 Å². The van der Waals surface area contributed by atoms with Crippen LogP contribution in [0.3, 0.4) is 0 Å². The first-order chi connectivity index (χ1) is 10.1. The Kier molecular flexibility index (Phi) is 4.12. The molecule has 0 spiro atoms. The Labute approximate surface area is 128 Å². The van der Waals surface area contributed by atoms with Gasteiger partial charge in [-0.2, -0.15) is 0 Å². The molecule has 1 fully saturated rings. The van der Waals surface area contributed by atoms with Crippen LogP contribution in [-0.2, 0) is 0 Å². The quantitative estimate of drug-likeness (QED) is 0.732. The van der Waals surface area contributed by atoms with Gasteiger partial charge in [0.05, 0.1) is 11.4 Å². The second-order valence-corrected chi connectivity index (χ2v) is 7.54. The minimum absolute atomic E-state index is 0.442. The summed E-state index contributed by atoms with van der Waals surface area (Å²) in [6.45, 7) is 6.98. The van der Waals surface area contributed by atoms with E-state index in [2.05, 4.69) is 42.7 Å². The SMILES string of the molecule is CC1(C)CC=C(C2=C(N)C=CC(C3CCNCC3)N2)CC1. The number of piperidine rings is 1. The van der Waals surface area contributed by atoms with Crippen LogP contribution in [0.4, 0.5) is 0 Å². The van der Waals surface area contributed by atoms with Crippen molar-refractivity contribution in [1.82, 2.24) is 10.6 Å². The third kappa shape index (κ3) is 3.34. The molecule has 0 bridgehead atoms. The fraction of sp³-hybridized carbons (Fsp3) is 0.667. The normalized spacial score (nSPS) is 30.0. The zero-order valence-corrected chi connectivity index (χ0v) is 13.4. The molecule has 1 atom stereocenters. The van der Waals surface area contributed by atoms with Crippen LogP contribution in [0.15, 0.2) is 35.2 Å². The van der Waals surface area contributed by atoms with Gasteiger partial charge in [-0.15, -0.1) is 0 Å². The lowest BCUT2D eigenvalue weighted by atomic mass is 9.77. The lowest BCUT2D eigenvalue weighted by molar-refractivity contribution is 0.313. The summed E-state index contributed by atoms with van der Waals surface area (Å²) in [4.78, 5) is 0. The Hall–Kier alpha value is -1.22. The van der Waals surface area contributed by atoms with Crippen LogP contribution in [0.5, 0.6) is 0 Å². The van der Waals surface area contributed by atoms with Gasteiger partial charge in [-0.3, -0.25) is 0 Å². The molecule has 3 aliphatic rings. The highest BCUT2D eigenvalue weighted by Crippen LogP contribution is 2.37. The molecular formula is C18H29N3. The fourth-order valence-electron chi connectivity index (χ4n) is 3.65. The number of nitrogens with one attached hydrogen (secondary N) is 2. The third-order valence-corrected chi connectivity index (χ3v) is 5.27. The van der Waals surface area contributed by atoms with Gasteiger partial charge in [0.1, 0.15) is 0 Å². The van der Waals surface area contributed by atoms with E-state index in [0.29, 0.717) is 11.5 Å². The maximum atomic E-state index is 6.25. The number of allylic oxidation sites excluding steroid dienone is 3. The number of rotatable bonds is 2. The van der Waals surface area contributed by atoms with Gasteiger partial charge in [-0.05, 0) is 68.2 Å². The van der Waals surface area contributed by atoms with Crippen LogP contribution in [-0.4, -0.2) is 19.1 Å². The average Bonchev–Trinajstić information content (AvgIpc) is 2.49. The molecular weight excluding hydrogens is 258 g/mol. The molecule has 116 valence electrons. The van der Waals surface area contributed by atoms with Crippen molar-refractivity contribution in [3.05, 3.63) is 35.2 Å². The number of hydrogen-bond donors (Lipinski definition) is 3. The van der Waals surface area contributed by atoms with Gasteiger partial charge in [-0.25, -0.2) is 0 Å². The summed E-state index contributed by atoms with van der Waals surface area (Å²) in [6, 6.07) is 0.449. The summed E-state index contributed by atoms with van der Waals surface area (Å²) >= 11 is 0. The summed E-state index contributed by atoms with van der Waals surface area (Å²) in [5.41, 5.74) is 10.2. The summed E-state index contributed by atoms with van der Waals surface area (Å²) in [6.07, 6.45) is 12.8. The van der Waals surface area contributed by atoms with Crippen molar-refractivity contribution < 1.29 is 0 Å². The Bertz CT molecular complexity index is 479. The number of hydrogen-bond acceptors (Lipinski definition) is 3. The molecule has 1 unspecified atom stereocenters. The monoisotopic (exact) mass is 287 g/mol. The molecule has 3 heteroatoms.